The molecule has 2 nitrogen and oxygen atoms in total. The van der Waals surface area contributed by atoms with Crippen LogP contribution in [0.3, 0.4) is 0 Å². The second-order valence-corrected chi connectivity index (χ2v) is 20.0. The molecule has 6 atom stereocenters. The quantitative estimate of drug-likeness (QED) is 0.247. The molecule has 5 aliphatic rings. The van der Waals surface area contributed by atoms with Crippen LogP contribution in [0.15, 0.2) is 59.7 Å². The van der Waals surface area contributed by atoms with Crippen LogP contribution in [-0.2, 0) is 9.47 Å². The lowest BCUT2D eigenvalue weighted by molar-refractivity contribution is 0.000174. The van der Waals surface area contributed by atoms with E-state index < -0.39 is 0 Å². The molecular weight excluding hydrogens is 705 g/mol. The minimum absolute atomic E-state index is 0. The van der Waals surface area contributed by atoms with Gasteiger partial charge < -0.3 is 9.47 Å². The Morgan fingerprint density at radius 2 is 0.690 bits per heavy atom. The molecular formula is C56H98O2. The lowest BCUT2D eigenvalue weighted by atomic mass is 9.84. The van der Waals surface area contributed by atoms with Gasteiger partial charge in [0, 0.05) is 14.6 Å². The molecule has 2 heteroatoms. The Morgan fingerprint density at radius 3 is 0.914 bits per heavy atom. The fraction of sp³-hybridized carbons (Fsp3) is 0.714. The predicted octanol–water partition coefficient (Wildman–Crippen LogP) is 17.5. The van der Waals surface area contributed by atoms with Crippen molar-refractivity contribution in [3.8, 4) is 0 Å². The summed E-state index contributed by atoms with van der Waals surface area (Å²) >= 11 is 0. The first-order valence-corrected chi connectivity index (χ1v) is 24.0. The van der Waals surface area contributed by atoms with Crippen molar-refractivity contribution in [2.24, 2.45) is 35.5 Å². The van der Waals surface area contributed by atoms with Gasteiger partial charge in [0.25, 0.3) is 0 Å². The van der Waals surface area contributed by atoms with Crippen LogP contribution in [0.5, 0.6) is 0 Å². The zero-order valence-electron chi connectivity index (χ0n) is 41.4. The van der Waals surface area contributed by atoms with E-state index in [-0.39, 0.29) is 1.43 Å². The summed E-state index contributed by atoms with van der Waals surface area (Å²) in [5, 5.41) is 0. The molecule has 3 fully saturated rings. The molecule has 0 bridgehead atoms. The van der Waals surface area contributed by atoms with Gasteiger partial charge in [-0.15, -0.1) is 0 Å². The van der Waals surface area contributed by atoms with Gasteiger partial charge in [-0.3, -0.25) is 0 Å². The highest BCUT2D eigenvalue weighted by molar-refractivity contribution is 5.37. The Bertz CT molecular complexity index is 1230. The standard InChI is InChI=1S/C10H14.C8H16.2C8H14.C8H10.2C7H14O.H2/c1-7-5-6-8(2)10(4)9(7)3;4*1-7-3-5-8(2)6-4-7;2*1-6-3-4-7(2)8-5-6;/h5-6H,1-4H3;7-8H,3-6H2,1-2H3;2*3,8H,4-6H2,1-2H3;3-6H,1-2H3;2*6-7H,3-5H2,1-2H3;1H. The van der Waals surface area contributed by atoms with Crippen LogP contribution in [0.1, 0.15) is 194 Å². The Kier molecular flexibility index (Phi) is 28.6. The summed E-state index contributed by atoms with van der Waals surface area (Å²) in [5.41, 5.74) is 11.5. The van der Waals surface area contributed by atoms with Crippen molar-refractivity contribution in [3.05, 3.63) is 93.1 Å². The molecule has 2 aromatic rings. The summed E-state index contributed by atoms with van der Waals surface area (Å²) in [6, 6.07) is 12.8. The van der Waals surface area contributed by atoms with Crippen molar-refractivity contribution in [2.45, 2.75) is 213 Å². The average molecular weight is 803 g/mol. The van der Waals surface area contributed by atoms with E-state index in [0.29, 0.717) is 12.2 Å². The number of hydrogen-bond donors (Lipinski definition) is 0. The Labute approximate surface area is 364 Å². The van der Waals surface area contributed by atoms with Crippen LogP contribution >= 0.6 is 0 Å². The van der Waals surface area contributed by atoms with E-state index >= 15 is 0 Å². The molecule has 3 aliphatic carbocycles. The van der Waals surface area contributed by atoms with Crippen LogP contribution in [0.4, 0.5) is 0 Å². The third-order valence-electron chi connectivity index (χ3n) is 13.1. The lowest BCUT2D eigenvalue weighted by Crippen LogP contribution is -2.21. The van der Waals surface area contributed by atoms with Gasteiger partial charge in [0.05, 0.1) is 12.2 Å². The number of allylic oxidation sites excluding steroid dienone is 4. The van der Waals surface area contributed by atoms with E-state index in [9.17, 15) is 0 Å². The fourth-order valence-corrected chi connectivity index (χ4v) is 7.38. The van der Waals surface area contributed by atoms with Gasteiger partial charge in [-0.05, 0) is 191 Å². The van der Waals surface area contributed by atoms with Gasteiger partial charge in [-0.25, -0.2) is 0 Å². The smallest absolute Gasteiger partial charge is 0.0547 e. The molecule has 2 saturated heterocycles. The van der Waals surface area contributed by atoms with E-state index in [1.165, 1.54) is 123 Å². The largest absolute Gasteiger partial charge is 0.378 e. The SMILES string of the molecule is CC1=CCC(C)CC1.CC1=CCC(C)CC1.CC1CCC(C)CC1.CC1CCC(C)OC1.CC1CCC(C)OC1.Cc1ccc(C)c(C)c1C.Cc1ccc(C)cc1.[HH]. The van der Waals surface area contributed by atoms with Gasteiger partial charge in [0.15, 0.2) is 0 Å². The lowest BCUT2D eigenvalue weighted by Gasteiger charge is -2.23. The Balaban J connectivity index is 0.000000664. The van der Waals surface area contributed by atoms with E-state index in [1.807, 2.05) is 0 Å². The number of benzene rings is 2. The summed E-state index contributed by atoms with van der Waals surface area (Å²) in [5.74, 6) is 5.52. The van der Waals surface area contributed by atoms with Gasteiger partial charge in [0.1, 0.15) is 0 Å². The minimum Gasteiger partial charge on any atom is -0.378 e. The maximum Gasteiger partial charge on any atom is 0.0547 e. The van der Waals surface area contributed by atoms with E-state index in [1.54, 1.807) is 11.1 Å². The third kappa shape index (κ3) is 26.8. The van der Waals surface area contributed by atoms with Crippen molar-refractivity contribution in [3.63, 3.8) is 0 Å². The highest BCUT2D eigenvalue weighted by Gasteiger charge is 2.15. The van der Waals surface area contributed by atoms with Crippen LogP contribution in [0, 0.1) is 77.0 Å². The zero-order chi connectivity index (χ0) is 43.6. The maximum absolute atomic E-state index is 5.39. The van der Waals surface area contributed by atoms with E-state index in [4.69, 9.17) is 9.47 Å². The Morgan fingerprint density at radius 1 is 0.379 bits per heavy atom. The topological polar surface area (TPSA) is 18.5 Å². The highest BCUT2D eigenvalue weighted by Crippen LogP contribution is 2.27. The maximum atomic E-state index is 5.39. The van der Waals surface area contributed by atoms with Gasteiger partial charge >= 0.3 is 0 Å². The second kappa shape index (κ2) is 30.8. The van der Waals surface area contributed by atoms with Crippen LogP contribution in [-0.4, -0.2) is 25.4 Å². The van der Waals surface area contributed by atoms with Crippen molar-refractivity contribution in [1.82, 2.24) is 0 Å². The third-order valence-corrected chi connectivity index (χ3v) is 13.1. The van der Waals surface area contributed by atoms with Gasteiger partial charge in [-0.1, -0.05) is 138 Å². The minimum atomic E-state index is 0. The first-order chi connectivity index (χ1) is 27.4. The predicted molar refractivity (Wildman–Crippen MR) is 261 cm³/mol. The molecule has 2 aliphatic heterocycles. The van der Waals surface area contributed by atoms with Crippen molar-refractivity contribution < 1.29 is 10.9 Å². The van der Waals surface area contributed by atoms with Crippen LogP contribution in [0.2, 0.25) is 0 Å². The monoisotopic (exact) mass is 803 g/mol. The average Bonchev–Trinajstić information content (AvgIpc) is 3.21. The van der Waals surface area contributed by atoms with Crippen molar-refractivity contribution >= 4 is 0 Å². The molecule has 1 saturated carbocycles. The first kappa shape index (κ1) is 53.9. The Hall–Kier alpha value is -2.16. The molecule has 7 rings (SSSR count). The highest BCUT2D eigenvalue weighted by atomic mass is 16.5. The molecule has 0 spiro atoms. The van der Waals surface area contributed by atoms with Crippen LogP contribution in [0.25, 0.3) is 0 Å². The molecule has 2 heterocycles. The molecule has 2 aromatic carbocycles. The summed E-state index contributed by atoms with van der Waals surface area (Å²) < 4.78 is 10.8. The number of aryl methyl sites for hydroxylation is 4. The fourth-order valence-electron chi connectivity index (χ4n) is 7.38. The van der Waals surface area contributed by atoms with Gasteiger partial charge in [-0.2, -0.15) is 0 Å². The van der Waals surface area contributed by atoms with Gasteiger partial charge in [0.2, 0.25) is 0 Å². The summed E-state index contributed by atoms with van der Waals surface area (Å²) in [6.45, 7) is 37.4. The van der Waals surface area contributed by atoms with Crippen molar-refractivity contribution in [1.29, 1.82) is 0 Å². The molecule has 58 heavy (non-hydrogen) atoms. The molecule has 0 aromatic heterocycles. The molecule has 334 valence electrons. The molecule has 0 amide bonds. The second-order valence-electron chi connectivity index (χ2n) is 20.0. The van der Waals surface area contributed by atoms with E-state index in [0.717, 1.165) is 48.7 Å². The summed E-state index contributed by atoms with van der Waals surface area (Å²) in [7, 11) is 0. The van der Waals surface area contributed by atoms with Crippen LogP contribution < -0.4 is 0 Å². The molecule has 6 unspecified atom stereocenters. The number of hydrogen-bond acceptors (Lipinski definition) is 2. The number of rotatable bonds is 0. The van der Waals surface area contributed by atoms with Crippen molar-refractivity contribution in [2.75, 3.05) is 13.2 Å². The first-order valence-electron chi connectivity index (χ1n) is 24.0. The summed E-state index contributed by atoms with van der Waals surface area (Å²) in [6.07, 6.45) is 25.0. The normalized spacial score (nSPS) is 27.7. The molecule has 0 radical (unpaired) electrons. The zero-order valence-corrected chi connectivity index (χ0v) is 41.4. The molecule has 0 N–H and O–H groups in total. The summed E-state index contributed by atoms with van der Waals surface area (Å²) in [4.78, 5) is 0. The van der Waals surface area contributed by atoms with E-state index in [2.05, 4.69) is 159 Å². The number of ether oxygens (including phenoxy) is 2.